The minimum absolute atomic E-state index is 0.183. The summed E-state index contributed by atoms with van der Waals surface area (Å²) < 4.78 is 5.26. The van der Waals surface area contributed by atoms with Gasteiger partial charge >= 0.3 is 0 Å². The van der Waals surface area contributed by atoms with Crippen molar-refractivity contribution in [2.75, 3.05) is 17.3 Å². The molecule has 6 rings (SSSR count). The highest BCUT2D eigenvalue weighted by molar-refractivity contribution is 6.31. The summed E-state index contributed by atoms with van der Waals surface area (Å²) in [7, 11) is 1.56. The van der Waals surface area contributed by atoms with Crippen molar-refractivity contribution in [1.82, 2.24) is 0 Å². The number of anilines is 2. The highest BCUT2D eigenvalue weighted by Gasteiger charge is 2.69. The molecule has 3 aliphatic heterocycles. The molecule has 0 bridgehead atoms. The fourth-order valence-corrected chi connectivity index (χ4v) is 6.42. The molecule has 0 unspecified atom stereocenters. The van der Waals surface area contributed by atoms with Crippen LogP contribution in [0.1, 0.15) is 28.4 Å². The number of rotatable bonds is 4. The normalized spacial score (nSPS) is 25.2. The van der Waals surface area contributed by atoms with Gasteiger partial charge < -0.3 is 15.0 Å². The highest BCUT2D eigenvalue weighted by Crippen LogP contribution is 2.57. The Morgan fingerprint density at radius 2 is 1.81 bits per heavy atom. The molecule has 4 atom stereocenters. The molecule has 3 aromatic carbocycles. The van der Waals surface area contributed by atoms with E-state index in [2.05, 4.69) is 5.32 Å². The van der Waals surface area contributed by atoms with Gasteiger partial charge in [0.1, 0.15) is 11.2 Å². The first-order valence-electron chi connectivity index (χ1n) is 11.7. The summed E-state index contributed by atoms with van der Waals surface area (Å²) in [4.78, 5) is 43.7. The van der Waals surface area contributed by atoms with Crippen molar-refractivity contribution in [1.29, 1.82) is 0 Å². The molecule has 7 heteroatoms. The Kier molecular flexibility index (Phi) is 5.05. The van der Waals surface area contributed by atoms with Gasteiger partial charge in [-0.05, 0) is 66.6 Å². The first-order valence-corrected chi connectivity index (χ1v) is 12.1. The van der Waals surface area contributed by atoms with E-state index in [-0.39, 0.29) is 17.5 Å². The molecule has 1 fully saturated rings. The van der Waals surface area contributed by atoms with E-state index in [0.717, 1.165) is 16.8 Å². The number of nitrogens with one attached hydrogen (secondary N) is 1. The molecule has 0 aromatic heterocycles. The lowest BCUT2D eigenvalue weighted by atomic mass is 9.64. The van der Waals surface area contributed by atoms with Gasteiger partial charge in [0.25, 0.3) is 0 Å². The van der Waals surface area contributed by atoms with Crippen molar-refractivity contribution in [3.05, 3.63) is 94.5 Å². The summed E-state index contributed by atoms with van der Waals surface area (Å²) in [6.07, 6.45) is 3.85. The Bertz CT molecular complexity index is 1460. The number of ketones is 2. The maximum absolute atomic E-state index is 14.3. The molecular formula is C29H23ClN2O4. The zero-order valence-electron chi connectivity index (χ0n) is 19.7. The van der Waals surface area contributed by atoms with E-state index in [9.17, 15) is 14.4 Å². The van der Waals surface area contributed by atoms with Crippen LogP contribution in [-0.2, 0) is 15.0 Å². The first-order chi connectivity index (χ1) is 17.4. The molecule has 3 aliphatic rings. The van der Waals surface area contributed by atoms with Gasteiger partial charge in [-0.25, -0.2) is 0 Å². The second-order valence-electron chi connectivity index (χ2n) is 9.41. The lowest BCUT2D eigenvalue weighted by molar-refractivity contribution is -0.122. The predicted molar refractivity (Wildman–Crippen MR) is 139 cm³/mol. The predicted octanol–water partition coefficient (Wildman–Crippen LogP) is 4.91. The van der Waals surface area contributed by atoms with E-state index in [1.54, 1.807) is 37.4 Å². The number of methoxy groups -OCH3 is 1. The average Bonchev–Trinajstić information content (AvgIpc) is 3.36. The third-order valence-electron chi connectivity index (χ3n) is 7.67. The zero-order valence-corrected chi connectivity index (χ0v) is 20.5. The molecule has 0 aliphatic carbocycles. The van der Waals surface area contributed by atoms with Crippen LogP contribution in [0.5, 0.6) is 5.75 Å². The van der Waals surface area contributed by atoms with Crippen molar-refractivity contribution < 1.29 is 19.1 Å². The molecule has 1 spiro atoms. The van der Waals surface area contributed by atoms with Gasteiger partial charge in [0.2, 0.25) is 5.91 Å². The molecule has 180 valence electrons. The third kappa shape index (κ3) is 2.94. The highest BCUT2D eigenvalue weighted by atomic mass is 35.5. The second-order valence-corrected chi connectivity index (χ2v) is 9.85. The van der Waals surface area contributed by atoms with Gasteiger partial charge in [0, 0.05) is 22.0 Å². The molecule has 1 amide bonds. The molecule has 1 N–H and O–H groups in total. The Balaban J connectivity index is 1.63. The number of ether oxygens (including phenoxy) is 1. The number of benzene rings is 3. The van der Waals surface area contributed by atoms with Crippen molar-refractivity contribution in [3.63, 3.8) is 0 Å². The van der Waals surface area contributed by atoms with Crippen LogP contribution in [0.3, 0.4) is 0 Å². The molecule has 0 radical (unpaired) electrons. The Hall–Kier alpha value is -3.90. The number of carbonyl (C=O) groups is 3. The fraction of sp³-hybridized carbons (Fsp3) is 0.207. The fourth-order valence-electron chi connectivity index (χ4n) is 6.24. The molecule has 0 saturated carbocycles. The molecule has 3 aromatic rings. The largest absolute Gasteiger partial charge is 0.497 e. The second kappa shape index (κ2) is 8.07. The smallest absolute Gasteiger partial charge is 0.238 e. The Labute approximate surface area is 213 Å². The number of carbonyl (C=O) groups excluding carboxylic acids is 3. The van der Waals surface area contributed by atoms with Crippen molar-refractivity contribution >= 4 is 46.5 Å². The summed E-state index contributed by atoms with van der Waals surface area (Å²) in [5, 5.41) is 3.58. The van der Waals surface area contributed by atoms with Crippen LogP contribution in [-0.4, -0.2) is 36.7 Å². The van der Waals surface area contributed by atoms with Gasteiger partial charge in [0.15, 0.2) is 11.6 Å². The van der Waals surface area contributed by atoms with Crippen molar-refractivity contribution in [2.24, 2.45) is 5.92 Å². The van der Waals surface area contributed by atoms with E-state index < -0.39 is 23.4 Å². The Morgan fingerprint density at radius 1 is 1.06 bits per heavy atom. The number of para-hydroxylation sites is 1. The van der Waals surface area contributed by atoms with E-state index in [4.69, 9.17) is 16.3 Å². The summed E-state index contributed by atoms with van der Waals surface area (Å²) >= 11 is 6.27. The van der Waals surface area contributed by atoms with Gasteiger partial charge in [-0.15, -0.1) is 0 Å². The minimum atomic E-state index is -1.29. The summed E-state index contributed by atoms with van der Waals surface area (Å²) in [5.41, 5.74) is 2.12. The summed E-state index contributed by atoms with van der Waals surface area (Å²) in [5.74, 6) is -1.06. The molecule has 3 heterocycles. The topological polar surface area (TPSA) is 75.7 Å². The van der Waals surface area contributed by atoms with Gasteiger partial charge in [-0.2, -0.15) is 0 Å². The number of fused-ring (bicyclic) bond motifs is 6. The summed E-state index contributed by atoms with van der Waals surface area (Å²) in [6, 6.07) is 18.3. The number of nitrogens with zero attached hydrogens (tertiary/aromatic N) is 1. The van der Waals surface area contributed by atoms with Crippen LogP contribution in [0.15, 0.2) is 72.8 Å². The van der Waals surface area contributed by atoms with Crippen LogP contribution >= 0.6 is 11.6 Å². The summed E-state index contributed by atoms with van der Waals surface area (Å²) in [6.45, 7) is 1.49. The zero-order chi connectivity index (χ0) is 25.2. The Morgan fingerprint density at radius 3 is 2.53 bits per heavy atom. The van der Waals surface area contributed by atoms with E-state index in [0.29, 0.717) is 22.0 Å². The van der Waals surface area contributed by atoms with E-state index in [1.165, 1.54) is 6.92 Å². The van der Waals surface area contributed by atoms with Gasteiger partial charge in [0.05, 0.1) is 25.1 Å². The average molecular weight is 499 g/mol. The number of amides is 1. The maximum atomic E-state index is 14.3. The molecular weight excluding hydrogens is 476 g/mol. The quantitative estimate of drug-likeness (QED) is 0.517. The van der Waals surface area contributed by atoms with Crippen LogP contribution in [0.2, 0.25) is 5.02 Å². The number of halogens is 1. The molecule has 36 heavy (non-hydrogen) atoms. The number of Topliss-reactive ketones (excluding diaryl/α,β-unsaturated/α-hetero) is 2. The van der Waals surface area contributed by atoms with Crippen molar-refractivity contribution in [2.45, 2.75) is 24.4 Å². The SMILES string of the molecule is COc1ccc(C(=O)[C@H]2[C@@H](C(C)=O)N3c4ccc(Cl)cc4C=C[C@H]3[C@@]23C(=O)Nc2ccccc23)cc1. The van der Waals surface area contributed by atoms with E-state index >= 15 is 0 Å². The molecule has 6 nitrogen and oxygen atoms in total. The minimum Gasteiger partial charge on any atom is -0.497 e. The van der Waals surface area contributed by atoms with Gasteiger partial charge in [-0.3, -0.25) is 14.4 Å². The first kappa shape index (κ1) is 22.6. The number of hydrogen-bond acceptors (Lipinski definition) is 5. The maximum Gasteiger partial charge on any atom is 0.238 e. The van der Waals surface area contributed by atoms with Crippen LogP contribution < -0.4 is 15.0 Å². The molecule has 1 saturated heterocycles. The monoisotopic (exact) mass is 498 g/mol. The van der Waals surface area contributed by atoms with Crippen molar-refractivity contribution in [3.8, 4) is 5.75 Å². The van der Waals surface area contributed by atoms with Crippen LogP contribution in [0.25, 0.3) is 6.08 Å². The number of hydrogen-bond donors (Lipinski definition) is 1. The third-order valence-corrected chi connectivity index (χ3v) is 7.90. The van der Waals surface area contributed by atoms with Gasteiger partial charge in [-0.1, -0.05) is 42.0 Å². The standard InChI is InChI=1S/C29H23ClN2O4/c1-16(33)26-25(27(34)17-7-11-20(36-2)12-8-17)29(21-5-3-4-6-22(21)31-28(29)35)24-14-9-18-15-19(30)10-13-23(18)32(24)26/h3-15,24-26H,1-2H3,(H,31,35)/t24-,25+,26+,29+/m0/s1. The lowest BCUT2D eigenvalue weighted by Gasteiger charge is -2.37. The van der Waals surface area contributed by atoms with Crippen LogP contribution in [0, 0.1) is 5.92 Å². The van der Waals surface area contributed by atoms with Crippen LogP contribution in [0.4, 0.5) is 11.4 Å². The lowest BCUT2D eigenvalue weighted by Crippen LogP contribution is -2.51. The van der Waals surface area contributed by atoms with E-state index in [1.807, 2.05) is 53.5 Å².